The van der Waals surface area contributed by atoms with E-state index in [1.807, 2.05) is 29.2 Å². The van der Waals surface area contributed by atoms with Crippen LogP contribution in [0.25, 0.3) is 0 Å². The number of hydrogen-bond acceptors (Lipinski definition) is 3. The minimum Gasteiger partial charge on any atom is -0.339 e. The zero-order valence-corrected chi connectivity index (χ0v) is 16.9. The molecular formula is C20H22Cl2N2OS. The molecule has 0 bridgehead atoms. The Bertz CT molecular complexity index is 741. The number of nitrogens with zero attached hydrogens (tertiary/aromatic N) is 2. The Morgan fingerprint density at radius 3 is 2.38 bits per heavy atom. The van der Waals surface area contributed by atoms with Gasteiger partial charge in [-0.05, 0) is 36.6 Å². The molecular weight excluding hydrogens is 387 g/mol. The van der Waals surface area contributed by atoms with Crippen molar-refractivity contribution in [2.75, 3.05) is 13.1 Å². The third-order valence-corrected chi connectivity index (χ3v) is 6.55. The molecule has 1 aromatic carbocycles. The van der Waals surface area contributed by atoms with Crippen molar-refractivity contribution in [3.8, 4) is 0 Å². The van der Waals surface area contributed by atoms with E-state index >= 15 is 0 Å². The molecule has 2 aromatic rings. The molecule has 26 heavy (non-hydrogen) atoms. The summed E-state index contributed by atoms with van der Waals surface area (Å²) in [4.78, 5) is 19.9. The summed E-state index contributed by atoms with van der Waals surface area (Å²) in [7, 11) is 0. The first-order valence-corrected chi connectivity index (χ1v) is 10.7. The summed E-state index contributed by atoms with van der Waals surface area (Å²) in [5.74, 6) is 0.749. The van der Waals surface area contributed by atoms with Gasteiger partial charge in [0.25, 0.3) is 5.91 Å². The van der Waals surface area contributed by atoms with Gasteiger partial charge in [0, 0.05) is 36.1 Å². The maximum atomic E-state index is 12.8. The number of likely N-dealkylation sites (tertiary alicyclic amines) is 1. The van der Waals surface area contributed by atoms with Crippen LogP contribution in [0, 0.1) is 0 Å². The van der Waals surface area contributed by atoms with Crippen LogP contribution in [-0.4, -0.2) is 28.9 Å². The molecule has 0 unspecified atom stereocenters. The third kappa shape index (κ3) is 5.15. The van der Waals surface area contributed by atoms with Crippen molar-refractivity contribution in [2.24, 2.45) is 0 Å². The molecule has 6 heteroatoms. The van der Waals surface area contributed by atoms with E-state index < -0.39 is 0 Å². The van der Waals surface area contributed by atoms with Crippen molar-refractivity contribution in [3.05, 3.63) is 57.8 Å². The molecule has 1 aromatic heterocycles. The summed E-state index contributed by atoms with van der Waals surface area (Å²) >= 11 is 14.0. The number of benzene rings is 1. The maximum Gasteiger partial charge on any atom is 0.255 e. The van der Waals surface area contributed by atoms with Crippen molar-refractivity contribution in [1.82, 2.24) is 9.88 Å². The molecule has 3 rings (SSSR count). The summed E-state index contributed by atoms with van der Waals surface area (Å²) < 4.78 is 0. The van der Waals surface area contributed by atoms with Gasteiger partial charge < -0.3 is 4.90 Å². The quantitative estimate of drug-likeness (QED) is 0.573. The van der Waals surface area contributed by atoms with Gasteiger partial charge in [0.2, 0.25) is 0 Å². The molecule has 1 fully saturated rings. The van der Waals surface area contributed by atoms with Gasteiger partial charge in [0.05, 0.1) is 15.6 Å². The Kier molecular flexibility index (Phi) is 7.23. The van der Waals surface area contributed by atoms with Crippen molar-refractivity contribution in [3.63, 3.8) is 0 Å². The van der Waals surface area contributed by atoms with Crippen LogP contribution in [0.2, 0.25) is 10.0 Å². The number of rotatable bonds is 4. The lowest BCUT2D eigenvalue weighted by molar-refractivity contribution is 0.0742. The number of aromatic nitrogens is 1. The second-order valence-electron chi connectivity index (χ2n) is 6.48. The van der Waals surface area contributed by atoms with Crippen molar-refractivity contribution < 1.29 is 4.79 Å². The number of carbonyl (C=O) groups excluding carboxylic acids is 1. The summed E-state index contributed by atoms with van der Waals surface area (Å²) in [6.07, 6.45) is 9.31. The van der Waals surface area contributed by atoms with Gasteiger partial charge in [-0.3, -0.25) is 9.78 Å². The molecule has 1 aliphatic rings. The Morgan fingerprint density at radius 1 is 1.04 bits per heavy atom. The van der Waals surface area contributed by atoms with Crippen LogP contribution in [0.4, 0.5) is 0 Å². The molecule has 1 aliphatic heterocycles. The summed E-state index contributed by atoms with van der Waals surface area (Å²) in [6, 6.07) is 7.43. The minimum atomic E-state index is 0.0852. The monoisotopic (exact) mass is 408 g/mol. The lowest BCUT2D eigenvalue weighted by atomic mass is 10.1. The number of hydrogen-bond donors (Lipinski definition) is 0. The van der Waals surface area contributed by atoms with E-state index in [0.29, 0.717) is 21.4 Å². The van der Waals surface area contributed by atoms with E-state index in [9.17, 15) is 4.79 Å². The molecule has 0 radical (unpaired) electrons. The van der Waals surface area contributed by atoms with E-state index in [2.05, 4.69) is 4.98 Å². The van der Waals surface area contributed by atoms with Crippen LogP contribution < -0.4 is 0 Å². The van der Waals surface area contributed by atoms with Crippen LogP contribution in [0.1, 0.15) is 48.0 Å². The topological polar surface area (TPSA) is 33.2 Å². The number of carbonyl (C=O) groups is 1. The number of pyridine rings is 1. The van der Waals surface area contributed by atoms with Gasteiger partial charge in [0.1, 0.15) is 0 Å². The maximum absolute atomic E-state index is 12.8. The van der Waals surface area contributed by atoms with Crippen molar-refractivity contribution >= 4 is 40.9 Å². The molecule has 138 valence electrons. The average Bonchev–Trinajstić information content (AvgIpc) is 2.61. The zero-order chi connectivity index (χ0) is 18.4. The fourth-order valence-corrected chi connectivity index (χ4v) is 4.70. The van der Waals surface area contributed by atoms with Crippen LogP contribution in [-0.2, 0) is 5.75 Å². The standard InChI is InChI=1S/C20H22Cl2N2OS/c21-17-7-6-8-18(22)19(17)26-14-15-11-16(13-23-12-15)20(25)24-9-4-2-1-3-5-10-24/h6-8,11-13H,1-5,9-10,14H2. The normalized spacial score (nSPS) is 15.4. The minimum absolute atomic E-state index is 0.0852. The molecule has 0 atom stereocenters. The van der Waals surface area contributed by atoms with E-state index in [1.165, 1.54) is 19.3 Å². The average molecular weight is 409 g/mol. The second-order valence-corrected chi connectivity index (χ2v) is 8.28. The number of amides is 1. The first kappa shape index (κ1) is 19.5. The van der Waals surface area contributed by atoms with Crippen molar-refractivity contribution in [2.45, 2.75) is 42.8 Å². The molecule has 0 aliphatic carbocycles. The van der Waals surface area contributed by atoms with E-state index in [0.717, 1.165) is 36.4 Å². The molecule has 2 heterocycles. The fraction of sp³-hybridized carbons (Fsp3) is 0.400. The Hall–Kier alpha value is -1.23. The van der Waals surface area contributed by atoms with E-state index in [1.54, 1.807) is 24.2 Å². The number of halogens is 2. The summed E-state index contributed by atoms with van der Waals surface area (Å²) in [6.45, 7) is 1.68. The second kappa shape index (κ2) is 9.63. The highest BCUT2D eigenvalue weighted by molar-refractivity contribution is 7.98. The lowest BCUT2D eigenvalue weighted by Crippen LogP contribution is -2.33. The van der Waals surface area contributed by atoms with Gasteiger partial charge in [-0.25, -0.2) is 0 Å². The van der Waals surface area contributed by atoms with Crippen LogP contribution in [0.5, 0.6) is 0 Å². The van der Waals surface area contributed by atoms with Crippen LogP contribution in [0.3, 0.4) is 0 Å². The fourth-order valence-electron chi connectivity index (χ4n) is 3.09. The molecule has 3 nitrogen and oxygen atoms in total. The molecule has 0 N–H and O–H groups in total. The van der Waals surface area contributed by atoms with Gasteiger partial charge in [-0.1, -0.05) is 48.5 Å². The summed E-state index contributed by atoms with van der Waals surface area (Å²) in [5.41, 5.74) is 1.65. The largest absolute Gasteiger partial charge is 0.339 e. The molecule has 0 saturated carbocycles. The highest BCUT2D eigenvalue weighted by Crippen LogP contribution is 2.35. The SMILES string of the molecule is O=C(c1cncc(CSc2c(Cl)cccc2Cl)c1)N1CCCCCCC1. The Morgan fingerprint density at radius 2 is 1.69 bits per heavy atom. The third-order valence-electron chi connectivity index (χ3n) is 4.49. The van der Waals surface area contributed by atoms with Crippen LogP contribution >= 0.6 is 35.0 Å². The van der Waals surface area contributed by atoms with E-state index in [4.69, 9.17) is 23.2 Å². The van der Waals surface area contributed by atoms with Crippen LogP contribution in [0.15, 0.2) is 41.6 Å². The Balaban J connectivity index is 1.68. The molecule has 1 amide bonds. The predicted octanol–water partition coefficient (Wildman–Crippen LogP) is 6.09. The highest BCUT2D eigenvalue weighted by Gasteiger charge is 2.17. The zero-order valence-electron chi connectivity index (χ0n) is 14.6. The Labute approximate surface area is 169 Å². The van der Waals surface area contributed by atoms with E-state index in [-0.39, 0.29) is 5.91 Å². The van der Waals surface area contributed by atoms with Gasteiger partial charge in [0.15, 0.2) is 0 Å². The summed E-state index contributed by atoms with van der Waals surface area (Å²) in [5, 5.41) is 1.28. The molecule has 0 spiro atoms. The first-order valence-electron chi connectivity index (χ1n) is 8.95. The van der Waals surface area contributed by atoms with Gasteiger partial charge in [-0.15, -0.1) is 11.8 Å². The number of thioether (sulfide) groups is 1. The lowest BCUT2D eigenvalue weighted by Gasteiger charge is -2.24. The van der Waals surface area contributed by atoms with Gasteiger partial charge in [-0.2, -0.15) is 0 Å². The first-order chi connectivity index (χ1) is 12.6. The van der Waals surface area contributed by atoms with Gasteiger partial charge >= 0.3 is 0 Å². The highest BCUT2D eigenvalue weighted by atomic mass is 35.5. The molecule has 1 saturated heterocycles. The predicted molar refractivity (Wildman–Crippen MR) is 109 cm³/mol. The van der Waals surface area contributed by atoms with Crippen molar-refractivity contribution in [1.29, 1.82) is 0 Å². The smallest absolute Gasteiger partial charge is 0.255 e.